The average molecular weight is 304 g/mol. The van der Waals surface area contributed by atoms with Gasteiger partial charge in [-0.2, -0.15) is 0 Å². The maximum atomic E-state index is 16.3. The molecule has 0 bridgehead atoms. The van der Waals surface area contributed by atoms with Crippen molar-refractivity contribution >= 4 is 0 Å². The first kappa shape index (κ1) is 18.9. The summed E-state index contributed by atoms with van der Waals surface area (Å²) in [6, 6.07) is 0. The van der Waals surface area contributed by atoms with Gasteiger partial charge in [0.2, 0.25) is 0 Å². The molecule has 1 heteroatoms. The van der Waals surface area contributed by atoms with E-state index >= 15 is 4.39 Å². The van der Waals surface area contributed by atoms with Crippen molar-refractivity contribution in [3.63, 3.8) is 0 Å². The van der Waals surface area contributed by atoms with E-state index in [2.05, 4.69) is 40.3 Å². The highest BCUT2D eigenvalue weighted by Gasteiger charge is 2.44. The van der Waals surface area contributed by atoms with Gasteiger partial charge in [-0.3, -0.25) is 0 Å². The van der Waals surface area contributed by atoms with E-state index in [1.165, 1.54) is 12.0 Å². The van der Waals surface area contributed by atoms with Crippen molar-refractivity contribution in [3.8, 4) is 0 Å². The molecule has 4 unspecified atom stereocenters. The molecule has 0 nitrogen and oxygen atoms in total. The summed E-state index contributed by atoms with van der Waals surface area (Å²) in [5, 5.41) is 0. The first-order valence-electron chi connectivity index (χ1n) is 8.67. The molecule has 0 aliphatic heterocycles. The first-order chi connectivity index (χ1) is 10.4. The van der Waals surface area contributed by atoms with Crippen molar-refractivity contribution in [1.82, 2.24) is 0 Å². The van der Waals surface area contributed by atoms with E-state index in [0.717, 1.165) is 18.4 Å². The van der Waals surface area contributed by atoms with Crippen LogP contribution in [-0.4, -0.2) is 5.67 Å². The van der Waals surface area contributed by atoms with Crippen molar-refractivity contribution in [2.75, 3.05) is 0 Å². The molecule has 0 aromatic rings. The number of alkyl halides is 1. The largest absolute Gasteiger partial charge is 0.238 e. The molecule has 1 aliphatic rings. The Balaban J connectivity index is 3.38. The van der Waals surface area contributed by atoms with Gasteiger partial charge in [0.25, 0.3) is 0 Å². The molecule has 1 aliphatic carbocycles. The summed E-state index contributed by atoms with van der Waals surface area (Å²) < 4.78 is 16.3. The molecule has 0 amide bonds. The summed E-state index contributed by atoms with van der Waals surface area (Å²) in [7, 11) is 0. The van der Waals surface area contributed by atoms with Crippen LogP contribution in [0.5, 0.6) is 0 Å². The molecule has 0 heterocycles. The smallest absolute Gasteiger partial charge is 0.139 e. The van der Waals surface area contributed by atoms with Crippen molar-refractivity contribution in [1.29, 1.82) is 0 Å². The highest BCUT2D eigenvalue weighted by molar-refractivity contribution is 5.32. The van der Waals surface area contributed by atoms with Crippen LogP contribution in [0, 0.1) is 17.8 Å². The summed E-state index contributed by atoms with van der Waals surface area (Å²) in [5.74, 6) is 0.559. The van der Waals surface area contributed by atoms with Gasteiger partial charge in [-0.1, -0.05) is 69.7 Å². The van der Waals surface area contributed by atoms with Gasteiger partial charge in [0, 0.05) is 6.42 Å². The molecule has 0 saturated heterocycles. The third kappa shape index (κ3) is 4.21. The molecule has 0 aromatic carbocycles. The van der Waals surface area contributed by atoms with E-state index in [4.69, 9.17) is 0 Å². The van der Waals surface area contributed by atoms with Crippen molar-refractivity contribution in [2.45, 2.75) is 66.0 Å². The lowest BCUT2D eigenvalue weighted by Crippen LogP contribution is -2.40. The molecule has 0 fully saturated rings. The van der Waals surface area contributed by atoms with Gasteiger partial charge in [-0.15, -0.1) is 0 Å². The zero-order chi connectivity index (χ0) is 16.8. The standard InChI is InChI=1S/C21H33F/c1-7-9-12-17(4)20-18(5)14-11-13-16(3)19(6)21(20,22)15-10-8-2/h7-10,12,16-17,19H,1,11,13-15H2,2-6H3/b10-8-,12-9-,20-18+. The zero-order valence-corrected chi connectivity index (χ0v) is 15.0. The number of rotatable bonds is 5. The fourth-order valence-corrected chi connectivity index (χ4v) is 3.82. The molecule has 0 aromatic heterocycles. The predicted octanol–water partition coefficient (Wildman–Crippen LogP) is 6.81. The first-order valence-corrected chi connectivity index (χ1v) is 8.67. The predicted molar refractivity (Wildman–Crippen MR) is 96.7 cm³/mol. The van der Waals surface area contributed by atoms with E-state index in [-0.39, 0.29) is 11.8 Å². The summed E-state index contributed by atoms with van der Waals surface area (Å²) in [6.07, 6.45) is 13.5. The Morgan fingerprint density at radius 1 is 1.41 bits per heavy atom. The van der Waals surface area contributed by atoms with E-state index < -0.39 is 5.67 Å². The SMILES string of the molecule is C=C/C=C\C(C)/C1=C(/C)CCCC(C)C(C)C1(F)C/C=C\C. The van der Waals surface area contributed by atoms with Crippen LogP contribution in [0.3, 0.4) is 0 Å². The van der Waals surface area contributed by atoms with Crippen LogP contribution in [0.25, 0.3) is 0 Å². The molecular formula is C21H33F. The van der Waals surface area contributed by atoms with Gasteiger partial charge in [0.05, 0.1) is 0 Å². The van der Waals surface area contributed by atoms with Crippen LogP contribution in [-0.2, 0) is 0 Å². The third-order valence-electron chi connectivity index (χ3n) is 5.34. The monoisotopic (exact) mass is 304 g/mol. The Labute approximate surface area is 136 Å². The summed E-state index contributed by atoms with van der Waals surface area (Å²) in [6.45, 7) is 14.2. The summed E-state index contributed by atoms with van der Waals surface area (Å²) >= 11 is 0. The second kappa shape index (κ2) is 8.50. The van der Waals surface area contributed by atoms with Gasteiger partial charge in [-0.05, 0) is 50.0 Å². The Morgan fingerprint density at radius 2 is 2.09 bits per heavy atom. The zero-order valence-electron chi connectivity index (χ0n) is 15.0. The van der Waals surface area contributed by atoms with E-state index in [1.54, 1.807) is 6.08 Å². The molecule has 0 N–H and O–H groups in total. The third-order valence-corrected chi connectivity index (χ3v) is 5.34. The minimum atomic E-state index is -1.25. The van der Waals surface area contributed by atoms with E-state index in [9.17, 15) is 0 Å². The maximum absolute atomic E-state index is 16.3. The molecule has 0 saturated carbocycles. The van der Waals surface area contributed by atoms with Crippen molar-refractivity contribution < 1.29 is 4.39 Å². The highest BCUT2D eigenvalue weighted by Crippen LogP contribution is 2.46. The molecule has 0 spiro atoms. The Morgan fingerprint density at radius 3 is 2.68 bits per heavy atom. The second-order valence-electron chi connectivity index (χ2n) is 6.90. The van der Waals surface area contributed by atoms with Crippen LogP contribution < -0.4 is 0 Å². The van der Waals surface area contributed by atoms with Gasteiger partial charge >= 0.3 is 0 Å². The van der Waals surface area contributed by atoms with Crippen LogP contribution in [0.2, 0.25) is 0 Å². The number of halogens is 1. The molecule has 1 rings (SSSR count). The van der Waals surface area contributed by atoms with Crippen molar-refractivity contribution in [2.24, 2.45) is 17.8 Å². The minimum absolute atomic E-state index is 0.0357. The lowest BCUT2D eigenvalue weighted by molar-refractivity contribution is 0.0816. The van der Waals surface area contributed by atoms with Gasteiger partial charge in [0.15, 0.2) is 0 Å². The van der Waals surface area contributed by atoms with Gasteiger partial charge < -0.3 is 0 Å². The number of hydrogen-bond acceptors (Lipinski definition) is 0. The van der Waals surface area contributed by atoms with Crippen molar-refractivity contribution in [3.05, 3.63) is 48.1 Å². The lowest BCUT2D eigenvalue weighted by Gasteiger charge is -2.41. The molecule has 22 heavy (non-hydrogen) atoms. The Bertz CT molecular complexity index is 455. The van der Waals surface area contributed by atoms with E-state index in [0.29, 0.717) is 12.3 Å². The lowest BCUT2D eigenvalue weighted by atomic mass is 9.67. The minimum Gasteiger partial charge on any atom is -0.238 e. The number of allylic oxidation sites excluding steroid dienone is 7. The fraction of sp³-hybridized carbons (Fsp3) is 0.619. The topological polar surface area (TPSA) is 0 Å². The summed E-state index contributed by atoms with van der Waals surface area (Å²) in [4.78, 5) is 0. The molecule has 4 atom stereocenters. The van der Waals surface area contributed by atoms with Crippen LogP contribution in [0.4, 0.5) is 4.39 Å². The fourth-order valence-electron chi connectivity index (χ4n) is 3.82. The summed E-state index contributed by atoms with van der Waals surface area (Å²) in [5.41, 5.74) is 0.996. The molecular weight excluding hydrogens is 271 g/mol. The van der Waals surface area contributed by atoms with Gasteiger partial charge in [-0.25, -0.2) is 4.39 Å². The Hall–Kier alpha value is -1.11. The highest BCUT2D eigenvalue weighted by atomic mass is 19.1. The van der Waals surface area contributed by atoms with Crippen LogP contribution >= 0.6 is 0 Å². The molecule has 0 radical (unpaired) electrons. The normalized spacial score (nSPS) is 35.5. The Kier molecular flexibility index (Phi) is 7.32. The van der Waals surface area contributed by atoms with Crippen LogP contribution in [0.1, 0.15) is 60.3 Å². The molecule has 124 valence electrons. The van der Waals surface area contributed by atoms with E-state index in [1.807, 2.05) is 25.2 Å². The maximum Gasteiger partial charge on any atom is 0.139 e. The average Bonchev–Trinajstić information content (AvgIpc) is 2.49. The van der Waals surface area contributed by atoms with Gasteiger partial charge in [0.1, 0.15) is 5.67 Å². The quantitative estimate of drug-likeness (QED) is 0.386. The second-order valence-corrected chi connectivity index (χ2v) is 6.90. The number of hydrogen-bond donors (Lipinski definition) is 0. The van der Waals surface area contributed by atoms with Crippen LogP contribution in [0.15, 0.2) is 48.1 Å².